The van der Waals surface area contributed by atoms with Crippen LogP contribution in [0, 0.1) is 0 Å². The highest BCUT2D eigenvalue weighted by molar-refractivity contribution is 8.54. The van der Waals surface area contributed by atoms with Gasteiger partial charge in [-0.2, -0.15) is 0 Å². The average Bonchev–Trinajstić information content (AvgIpc) is 3.89. The van der Waals surface area contributed by atoms with E-state index in [1.807, 2.05) is 4.98 Å². The Morgan fingerprint density at radius 2 is 1.57 bits per heavy atom. The van der Waals surface area contributed by atoms with Gasteiger partial charge in [-0.25, -0.2) is 42.5 Å². The number of nitrogens with one attached hydrogen (secondary N) is 1. The molecule has 3 aliphatic heterocycles. The topological polar surface area (TPSA) is 270 Å². The van der Waals surface area contributed by atoms with E-state index in [0.29, 0.717) is 27.3 Å². The van der Waals surface area contributed by atoms with Crippen molar-refractivity contribution in [2.75, 3.05) is 26.1 Å². The number of phosphoric ester groups is 1. The quantitative estimate of drug-likeness (QED) is 0.114. The van der Waals surface area contributed by atoms with Crippen LogP contribution >= 0.6 is 26.0 Å². The summed E-state index contributed by atoms with van der Waals surface area (Å²) in [6, 6.07) is 13.3. The van der Waals surface area contributed by atoms with Crippen molar-refractivity contribution >= 4 is 49.0 Å². The number of H-pyrrole nitrogens is 1. The van der Waals surface area contributed by atoms with Crippen molar-refractivity contribution < 1.29 is 64.6 Å². The van der Waals surface area contributed by atoms with E-state index in [1.54, 1.807) is 24.3 Å². The van der Waals surface area contributed by atoms with Crippen molar-refractivity contribution in [1.29, 1.82) is 0 Å². The fraction of sp³-hybridized carbons (Fsp3) is 0.353. The van der Waals surface area contributed by atoms with E-state index >= 15 is 8.78 Å². The van der Waals surface area contributed by atoms with Gasteiger partial charge in [0.05, 0.1) is 32.2 Å². The van der Waals surface area contributed by atoms with E-state index in [4.69, 9.17) is 42.8 Å². The molecule has 2 aromatic carbocycles. The van der Waals surface area contributed by atoms with E-state index < -0.39 is 94.3 Å². The number of nitrogens with zero attached hydrogens (tertiary/aromatic N) is 5. The number of ether oxygens (including phenoxy) is 4. The Morgan fingerprint density at radius 3 is 2.25 bits per heavy atom. The number of hydrogen-bond donors (Lipinski definition) is 3. The summed E-state index contributed by atoms with van der Waals surface area (Å²) in [5.41, 5.74) is 4.98. The van der Waals surface area contributed by atoms with Crippen LogP contribution in [0.2, 0.25) is 0 Å². The van der Waals surface area contributed by atoms with Crippen LogP contribution in [0.15, 0.2) is 83.0 Å². The predicted molar refractivity (Wildman–Crippen MR) is 203 cm³/mol. The van der Waals surface area contributed by atoms with Crippen molar-refractivity contribution in [3.05, 3.63) is 105 Å². The highest BCUT2D eigenvalue weighted by atomic mass is 32.7. The Bertz CT molecular complexity index is 2600. The number of anilines is 1. The van der Waals surface area contributed by atoms with Gasteiger partial charge in [0, 0.05) is 18.0 Å². The van der Waals surface area contributed by atoms with E-state index in [-0.39, 0.29) is 34.0 Å². The second-order valence-electron chi connectivity index (χ2n) is 13.3. The van der Waals surface area contributed by atoms with Crippen LogP contribution in [0.5, 0.6) is 11.5 Å². The number of halogens is 2. The number of carbonyl (C=O) groups excluding carboxylic acids is 1. The number of aromatic amines is 1. The minimum Gasteiger partial charge on any atom is -0.497 e. The van der Waals surface area contributed by atoms with Crippen LogP contribution in [0.1, 0.15) is 28.4 Å². The highest BCUT2D eigenvalue weighted by Crippen LogP contribution is 2.65. The van der Waals surface area contributed by atoms with Gasteiger partial charge in [-0.05, 0) is 53.3 Å². The molecular formula is C34H33F2N7O14P2S. The fourth-order valence-corrected chi connectivity index (χ4v) is 10.8. The van der Waals surface area contributed by atoms with Crippen LogP contribution < -0.4 is 26.5 Å². The summed E-state index contributed by atoms with van der Waals surface area (Å²) in [7, 11) is -3.74. The van der Waals surface area contributed by atoms with Gasteiger partial charge in [0.1, 0.15) is 47.8 Å². The highest BCUT2D eigenvalue weighted by Gasteiger charge is 2.55. The molecule has 21 nitrogen and oxygen atoms in total. The summed E-state index contributed by atoms with van der Waals surface area (Å²) >= 11 is 0.586. The van der Waals surface area contributed by atoms with Gasteiger partial charge in [-0.1, -0.05) is 12.1 Å². The first kappa shape index (κ1) is 41.8. The maximum Gasteiger partial charge on any atom is 0.472 e. The number of methoxy groups -OCH3 is 1. The Balaban J connectivity index is 1.06. The van der Waals surface area contributed by atoms with Crippen molar-refractivity contribution in [2.45, 2.75) is 55.0 Å². The second kappa shape index (κ2) is 16.9. The SMILES string of the molecule is COc1ccc(C(=O)Oc2ccc(CSP3(=O)OC[C@H]4O[C@@H](n5cnc6c(N)ncnc65)[C@H](F)[C@@H]4OP(=O)(O)OC[C@H]4O[C@@H](n5ccc(=O)[nH]c5=O)[C@H](F)[C@@H]4O3)cc2)cc1. The molecule has 0 spiro atoms. The molecule has 10 atom stereocenters. The lowest BCUT2D eigenvalue weighted by atomic mass is 10.1. The zero-order chi connectivity index (χ0) is 42.3. The molecule has 318 valence electrons. The molecule has 0 radical (unpaired) electrons. The average molecular weight is 896 g/mol. The standard InChI is InChI=1S/C34H33F2N7O14P2S/c1-50-19-8-4-18(5-9-19)33(45)53-20-6-2-17(3-7-20)14-60-59(49)52-13-22-27(24(35)32(55-22)43-16-40-26-29(37)38-15-39-30(26)43)56-58(47,48)51-12-21-28(57-59)25(36)31(54-21)42-11-10-23(44)41-34(42)46/h2-11,15-16,21-22,24-25,27-28,31-32H,12-14H2,1H3,(H,47,48)(H2,37,38,39)(H,41,44,46)/t21-,22-,24-,25-,27-,28-,31-,32-,59?/m1/s1. The van der Waals surface area contributed by atoms with E-state index in [9.17, 15) is 28.4 Å². The molecule has 3 fully saturated rings. The zero-order valence-electron chi connectivity index (χ0n) is 30.8. The monoisotopic (exact) mass is 895 g/mol. The fourth-order valence-electron chi connectivity index (χ4n) is 6.50. The predicted octanol–water partition coefficient (Wildman–Crippen LogP) is 3.62. The maximum absolute atomic E-state index is 16.4. The van der Waals surface area contributed by atoms with Gasteiger partial charge in [0.2, 0.25) is 0 Å². The first-order chi connectivity index (χ1) is 28.7. The van der Waals surface area contributed by atoms with Gasteiger partial charge >= 0.3 is 26.3 Å². The number of phosphoric acid groups is 1. The Morgan fingerprint density at radius 1 is 0.917 bits per heavy atom. The molecule has 6 heterocycles. The molecule has 5 aromatic rings. The molecule has 0 amide bonds. The minimum absolute atomic E-state index is 0.0163. The molecule has 26 heteroatoms. The summed E-state index contributed by atoms with van der Waals surface area (Å²) in [5.74, 6) is -0.0304. The summed E-state index contributed by atoms with van der Waals surface area (Å²) in [5, 5.41) is 0. The molecule has 60 heavy (non-hydrogen) atoms. The van der Waals surface area contributed by atoms with Crippen LogP contribution in [-0.2, 0) is 42.5 Å². The maximum atomic E-state index is 16.4. The van der Waals surface area contributed by atoms with Crippen molar-refractivity contribution in [3.63, 3.8) is 0 Å². The second-order valence-corrected chi connectivity index (χ2v) is 18.7. The number of imidazole rings is 1. The van der Waals surface area contributed by atoms with Crippen LogP contribution in [0.3, 0.4) is 0 Å². The summed E-state index contributed by atoms with van der Waals surface area (Å²) in [4.78, 5) is 61.8. The van der Waals surface area contributed by atoms with Gasteiger partial charge in [0.15, 0.2) is 36.3 Å². The molecule has 4 N–H and O–H groups in total. The number of nitrogen functional groups attached to an aromatic ring is 1. The Labute approximate surface area is 339 Å². The number of hydrogen-bond acceptors (Lipinski definition) is 18. The zero-order valence-corrected chi connectivity index (χ0v) is 33.4. The first-order valence-electron chi connectivity index (χ1n) is 17.7. The molecule has 3 aromatic heterocycles. The van der Waals surface area contributed by atoms with Gasteiger partial charge in [-0.3, -0.25) is 37.0 Å². The largest absolute Gasteiger partial charge is 0.497 e. The summed E-state index contributed by atoms with van der Waals surface area (Å²) in [6.07, 6.45) is -11.8. The van der Waals surface area contributed by atoms with E-state index in [1.165, 1.54) is 31.4 Å². The number of fused-ring (bicyclic) bond motifs is 3. The number of esters is 1. The van der Waals surface area contributed by atoms with E-state index in [0.717, 1.165) is 29.5 Å². The lowest BCUT2D eigenvalue weighted by Crippen LogP contribution is -2.38. The third kappa shape index (κ3) is 8.66. The normalized spacial score (nSPS) is 30.8. The smallest absolute Gasteiger partial charge is 0.472 e. The number of alkyl halides is 2. The van der Waals surface area contributed by atoms with Crippen LogP contribution in [0.25, 0.3) is 11.2 Å². The molecule has 2 unspecified atom stereocenters. The molecule has 0 aliphatic carbocycles. The Kier molecular flexibility index (Phi) is 11.8. The van der Waals surface area contributed by atoms with Crippen molar-refractivity contribution in [2.24, 2.45) is 0 Å². The summed E-state index contributed by atoms with van der Waals surface area (Å²) < 4.78 is 107. The number of benzene rings is 2. The van der Waals surface area contributed by atoms with Crippen molar-refractivity contribution in [1.82, 2.24) is 29.1 Å². The lowest BCUT2D eigenvalue weighted by molar-refractivity contribution is -0.0619. The van der Waals surface area contributed by atoms with Gasteiger partial charge in [0.25, 0.3) is 5.56 Å². The number of nitrogens with two attached hydrogens (primary N) is 1. The minimum atomic E-state index is -5.23. The third-order valence-corrected chi connectivity index (χ3v) is 14.1. The third-order valence-electron chi connectivity index (χ3n) is 9.47. The van der Waals surface area contributed by atoms with Crippen LogP contribution in [0.4, 0.5) is 14.6 Å². The summed E-state index contributed by atoms with van der Waals surface area (Å²) in [6.45, 7) is -6.40. The van der Waals surface area contributed by atoms with Crippen molar-refractivity contribution in [3.8, 4) is 11.5 Å². The molecule has 0 saturated carbocycles. The van der Waals surface area contributed by atoms with Gasteiger partial charge in [-0.15, -0.1) is 0 Å². The lowest BCUT2D eigenvalue weighted by Gasteiger charge is -2.29. The first-order valence-corrected chi connectivity index (χ1v) is 22.4. The number of rotatable bonds is 8. The van der Waals surface area contributed by atoms with E-state index in [2.05, 4.69) is 15.0 Å². The van der Waals surface area contributed by atoms with Crippen LogP contribution in [-0.4, -0.2) is 97.0 Å². The molecule has 3 aliphatic rings. The molecular weight excluding hydrogens is 862 g/mol. The number of aromatic nitrogens is 6. The number of carbonyl (C=O) groups is 1. The molecule has 0 bridgehead atoms. The van der Waals surface area contributed by atoms with Gasteiger partial charge < -0.3 is 29.6 Å². The Hall–Kier alpha value is -4.87. The molecule has 3 saturated heterocycles. The molecule has 8 rings (SSSR count).